The number of rotatable bonds is 0. The maximum Gasteiger partial charge on any atom is 0.0462 e. The smallest absolute Gasteiger partial charge is 0.0462 e. The Morgan fingerprint density at radius 2 is 2.24 bits per heavy atom. The molecular formula is C15H16N2. The van der Waals surface area contributed by atoms with E-state index in [1.54, 1.807) is 0 Å². The van der Waals surface area contributed by atoms with Crippen LogP contribution in [0.4, 0.5) is 0 Å². The van der Waals surface area contributed by atoms with Gasteiger partial charge in [0.2, 0.25) is 0 Å². The van der Waals surface area contributed by atoms with Crippen molar-refractivity contribution in [1.29, 1.82) is 0 Å². The van der Waals surface area contributed by atoms with Crippen LogP contribution in [-0.2, 0) is 6.42 Å². The normalized spacial score (nSPS) is 26.8. The molecule has 2 heterocycles. The van der Waals surface area contributed by atoms with Crippen molar-refractivity contribution in [3.05, 3.63) is 41.6 Å². The van der Waals surface area contributed by atoms with Crippen LogP contribution in [0.1, 0.15) is 18.1 Å². The predicted molar refractivity (Wildman–Crippen MR) is 70.9 cm³/mol. The van der Waals surface area contributed by atoms with E-state index in [1.165, 1.54) is 27.6 Å². The summed E-state index contributed by atoms with van der Waals surface area (Å²) in [6.45, 7) is 3.38. The number of hydrogen-bond acceptors (Lipinski definition) is 1. The molecule has 0 bridgehead atoms. The van der Waals surface area contributed by atoms with Gasteiger partial charge in [-0.3, -0.25) is 0 Å². The minimum atomic E-state index is 0.514. The van der Waals surface area contributed by atoms with Crippen LogP contribution in [0.2, 0.25) is 0 Å². The van der Waals surface area contributed by atoms with Crippen LogP contribution in [0.3, 0.4) is 0 Å². The highest BCUT2D eigenvalue weighted by molar-refractivity contribution is 5.98. The molecular weight excluding hydrogens is 208 g/mol. The van der Waals surface area contributed by atoms with E-state index < -0.39 is 0 Å². The second kappa shape index (κ2) is 3.23. The Morgan fingerprint density at radius 1 is 1.29 bits per heavy atom. The van der Waals surface area contributed by atoms with Gasteiger partial charge in [0.25, 0.3) is 0 Å². The molecule has 2 nitrogen and oxygen atoms in total. The molecule has 0 saturated heterocycles. The first-order valence-corrected chi connectivity index (χ1v) is 6.37. The van der Waals surface area contributed by atoms with Gasteiger partial charge in [0.05, 0.1) is 0 Å². The van der Waals surface area contributed by atoms with Crippen LogP contribution in [-0.4, -0.2) is 17.6 Å². The predicted octanol–water partition coefficient (Wildman–Crippen LogP) is 2.72. The molecule has 0 radical (unpaired) electrons. The van der Waals surface area contributed by atoms with Gasteiger partial charge in [-0.05, 0) is 35.1 Å². The maximum atomic E-state index is 3.66. The summed E-state index contributed by atoms with van der Waals surface area (Å²) in [6.07, 6.45) is 5.74. The van der Waals surface area contributed by atoms with Crippen molar-refractivity contribution in [2.45, 2.75) is 19.4 Å². The van der Waals surface area contributed by atoms with Crippen LogP contribution in [0, 0.1) is 5.92 Å². The number of benzene rings is 1. The molecule has 4 rings (SSSR count). The van der Waals surface area contributed by atoms with E-state index in [1.807, 2.05) is 0 Å². The molecule has 0 unspecified atom stereocenters. The minimum absolute atomic E-state index is 0.514. The number of fused-ring (bicyclic) bond motifs is 2. The zero-order valence-electron chi connectivity index (χ0n) is 9.96. The molecule has 2 aliphatic rings. The van der Waals surface area contributed by atoms with E-state index in [-0.39, 0.29) is 0 Å². The molecule has 17 heavy (non-hydrogen) atoms. The molecule has 0 saturated carbocycles. The Balaban J connectivity index is 2.04. The SMILES string of the molecule is C[C@@H]1C=C2c3cccc4[nH]cc(c34)C[C@H]2NC1. The van der Waals surface area contributed by atoms with Crippen LogP contribution in [0.5, 0.6) is 0 Å². The Labute approximate surface area is 101 Å². The summed E-state index contributed by atoms with van der Waals surface area (Å²) in [5.74, 6) is 0.636. The number of aromatic amines is 1. The highest BCUT2D eigenvalue weighted by Gasteiger charge is 2.28. The highest BCUT2D eigenvalue weighted by Crippen LogP contribution is 2.38. The van der Waals surface area contributed by atoms with Gasteiger partial charge in [-0.1, -0.05) is 25.1 Å². The summed E-state index contributed by atoms with van der Waals surface area (Å²) in [4.78, 5) is 3.39. The van der Waals surface area contributed by atoms with Crippen molar-refractivity contribution in [2.75, 3.05) is 6.54 Å². The minimum Gasteiger partial charge on any atom is -0.361 e. The second-order valence-electron chi connectivity index (χ2n) is 5.31. The van der Waals surface area contributed by atoms with Crippen molar-refractivity contribution < 1.29 is 0 Å². The van der Waals surface area contributed by atoms with Crippen LogP contribution in [0.15, 0.2) is 30.5 Å². The molecule has 86 valence electrons. The number of nitrogens with one attached hydrogen (secondary N) is 2. The largest absolute Gasteiger partial charge is 0.361 e. The average Bonchev–Trinajstić information content (AvgIpc) is 2.75. The molecule has 1 aliphatic carbocycles. The zero-order chi connectivity index (χ0) is 11.4. The third-order valence-corrected chi connectivity index (χ3v) is 4.05. The van der Waals surface area contributed by atoms with Crippen molar-refractivity contribution in [1.82, 2.24) is 10.3 Å². The maximum absolute atomic E-state index is 3.66. The molecule has 2 aromatic rings. The summed E-state index contributed by atoms with van der Waals surface area (Å²) in [7, 11) is 0. The summed E-state index contributed by atoms with van der Waals surface area (Å²) in [6, 6.07) is 7.10. The lowest BCUT2D eigenvalue weighted by atomic mass is 9.81. The quantitative estimate of drug-likeness (QED) is 0.707. The Hall–Kier alpha value is -1.54. The van der Waals surface area contributed by atoms with E-state index in [2.05, 4.69) is 47.7 Å². The van der Waals surface area contributed by atoms with Crippen LogP contribution >= 0.6 is 0 Å². The first-order valence-electron chi connectivity index (χ1n) is 6.37. The standard InChI is InChI=1S/C15H16N2/c1-9-5-12-11-3-2-4-13-15(11)10(8-17-13)6-14(12)16-7-9/h2-5,8-9,14,16-17H,6-7H2,1H3/t9-,14-/m1/s1. The Kier molecular flexibility index (Phi) is 1.80. The molecule has 2 atom stereocenters. The van der Waals surface area contributed by atoms with Crippen LogP contribution < -0.4 is 5.32 Å². The van der Waals surface area contributed by atoms with E-state index in [9.17, 15) is 0 Å². The lowest BCUT2D eigenvalue weighted by molar-refractivity contribution is 0.516. The van der Waals surface area contributed by atoms with Crippen LogP contribution in [0.25, 0.3) is 16.5 Å². The summed E-state index contributed by atoms with van der Waals surface area (Å²) in [5, 5.41) is 5.10. The summed E-state index contributed by atoms with van der Waals surface area (Å²) < 4.78 is 0. The highest BCUT2D eigenvalue weighted by atomic mass is 14.9. The third kappa shape index (κ3) is 1.25. The molecule has 2 N–H and O–H groups in total. The molecule has 2 heteroatoms. The van der Waals surface area contributed by atoms with Gasteiger partial charge in [-0.25, -0.2) is 0 Å². The summed E-state index contributed by atoms with van der Waals surface area (Å²) >= 11 is 0. The van der Waals surface area contributed by atoms with Gasteiger partial charge in [-0.15, -0.1) is 0 Å². The first kappa shape index (κ1) is 9.49. The average molecular weight is 224 g/mol. The zero-order valence-corrected chi connectivity index (χ0v) is 9.96. The molecule has 0 amide bonds. The van der Waals surface area contributed by atoms with Crippen molar-refractivity contribution >= 4 is 16.5 Å². The van der Waals surface area contributed by atoms with Gasteiger partial charge in [0.1, 0.15) is 0 Å². The first-order chi connectivity index (χ1) is 8.33. The molecule has 0 fully saturated rings. The third-order valence-electron chi connectivity index (χ3n) is 4.05. The van der Waals surface area contributed by atoms with Crippen molar-refractivity contribution in [3.63, 3.8) is 0 Å². The van der Waals surface area contributed by atoms with E-state index >= 15 is 0 Å². The van der Waals surface area contributed by atoms with Gasteiger partial charge in [-0.2, -0.15) is 0 Å². The lowest BCUT2D eigenvalue weighted by Crippen LogP contribution is -2.40. The summed E-state index contributed by atoms with van der Waals surface area (Å²) in [5.41, 5.74) is 5.66. The number of aromatic nitrogens is 1. The topological polar surface area (TPSA) is 27.8 Å². The molecule has 0 spiro atoms. The molecule has 1 aliphatic heterocycles. The van der Waals surface area contributed by atoms with Crippen molar-refractivity contribution in [3.8, 4) is 0 Å². The fraction of sp³-hybridized carbons (Fsp3) is 0.333. The van der Waals surface area contributed by atoms with Gasteiger partial charge in [0.15, 0.2) is 0 Å². The van der Waals surface area contributed by atoms with Gasteiger partial charge >= 0.3 is 0 Å². The number of hydrogen-bond donors (Lipinski definition) is 2. The molecule has 1 aromatic carbocycles. The van der Waals surface area contributed by atoms with E-state index in [4.69, 9.17) is 0 Å². The second-order valence-corrected chi connectivity index (χ2v) is 5.31. The Morgan fingerprint density at radius 3 is 3.18 bits per heavy atom. The number of H-pyrrole nitrogens is 1. The lowest BCUT2D eigenvalue weighted by Gasteiger charge is -2.32. The molecule has 1 aromatic heterocycles. The van der Waals surface area contributed by atoms with Gasteiger partial charge < -0.3 is 10.3 Å². The van der Waals surface area contributed by atoms with Gasteiger partial charge in [0, 0.05) is 29.7 Å². The fourth-order valence-electron chi connectivity index (χ4n) is 3.26. The Bertz CT molecular complexity index is 621. The van der Waals surface area contributed by atoms with E-state index in [0.29, 0.717) is 12.0 Å². The monoisotopic (exact) mass is 224 g/mol. The van der Waals surface area contributed by atoms with Crippen molar-refractivity contribution in [2.24, 2.45) is 5.92 Å². The fourth-order valence-corrected chi connectivity index (χ4v) is 3.26. The van der Waals surface area contributed by atoms with E-state index in [0.717, 1.165) is 13.0 Å².